The van der Waals surface area contributed by atoms with Crippen molar-refractivity contribution >= 4 is 12.1 Å². The number of unbranched alkanes of at least 4 members (excludes halogenated alkanes) is 2. The van der Waals surface area contributed by atoms with E-state index < -0.39 is 30.8 Å². The Kier molecular flexibility index (Phi) is 11.5. The number of halogens is 3. The average molecular weight is 552 g/mol. The summed E-state index contributed by atoms with van der Waals surface area (Å²) < 4.78 is 54.0. The molecule has 0 radical (unpaired) electrons. The van der Waals surface area contributed by atoms with Gasteiger partial charge in [0.05, 0.1) is 6.54 Å². The molecule has 0 heterocycles. The number of carbonyl (C=O) groups excluding carboxylic acids is 1. The van der Waals surface area contributed by atoms with Crippen molar-refractivity contribution in [1.82, 2.24) is 4.90 Å². The molecular weight excluding hydrogens is 515 g/mol. The summed E-state index contributed by atoms with van der Waals surface area (Å²) in [6, 6.07) is 12.5. The third-order valence-corrected chi connectivity index (χ3v) is 6.54. The zero-order valence-electron chi connectivity index (χ0n) is 22.2. The lowest BCUT2D eigenvalue weighted by Crippen LogP contribution is -2.37. The fourth-order valence-corrected chi connectivity index (χ4v) is 4.50. The topological polar surface area (TPSA) is 85.3 Å². The second-order valence-corrected chi connectivity index (χ2v) is 9.54. The van der Waals surface area contributed by atoms with Crippen LogP contribution in [0.5, 0.6) is 11.5 Å². The molecule has 10 heteroatoms. The van der Waals surface area contributed by atoms with Crippen molar-refractivity contribution in [2.45, 2.75) is 70.6 Å². The van der Waals surface area contributed by atoms with E-state index in [4.69, 9.17) is 14.2 Å². The van der Waals surface area contributed by atoms with Gasteiger partial charge in [0.2, 0.25) is 0 Å². The fourth-order valence-electron chi connectivity index (χ4n) is 4.50. The molecule has 0 bridgehead atoms. The number of aryl methyl sites for hydroxylation is 2. The van der Waals surface area contributed by atoms with Gasteiger partial charge >= 0.3 is 18.2 Å². The second kappa shape index (κ2) is 14.8. The molecule has 1 unspecified atom stereocenters. The first-order valence-corrected chi connectivity index (χ1v) is 13.4. The average Bonchev–Trinajstić information content (AvgIpc) is 3.35. The maximum absolute atomic E-state index is 12.9. The third kappa shape index (κ3) is 10.4. The molecule has 0 aromatic heterocycles. The van der Waals surface area contributed by atoms with Crippen LogP contribution in [0.15, 0.2) is 42.5 Å². The number of amides is 1. The molecule has 0 aliphatic heterocycles. The van der Waals surface area contributed by atoms with Gasteiger partial charge in [0.25, 0.3) is 0 Å². The van der Waals surface area contributed by atoms with Crippen LogP contribution in [-0.2, 0) is 28.8 Å². The molecule has 2 aromatic carbocycles. The van der Waals surface area contributed by atoms with Crippen LogP contribution in [0.2, 0.25) is 0 Å². The van der Waals surface area contributed by atoms with Gasteiger partial charge in [-0.3, -0.25) is 0 Å². The summed E-state index contributed by atoms with van der Waals surface area (Å²) in [7, 11) is 0. The molecule has 214 valence electrons. The Morgan fingerprint density at radius 1 is 0.974 bits per heavy atom. The van der Waals surface area contributed by atoms with E-state index in [0.717, 1.165) is 24.8 Å². The van der Waals surface area contributed by atoms with E-state index in [0.29, 0.717) is 30.9 Å². The molecule has 7 nitrogen and oxygen atoms in total. The Labute approximate surface area is 226 Å². The van der Waals surface area contributed by atoms with E-state index in [1.807, 2.05) is 12.1 Å². The molecule has 1 N–H and O–H groups in total. The van der Waals surface area contributed by atoms with E-state index in [1.54, 1.807) is 37.3 Å². The van der Waals surface area contributed by atoms with E-state index in [2.05, 4.69) is 0 Å². The molecule has 0 saturated heterocycles. The Hall–Kier alpha value is -3.27. The Morgan fingerprint density at radius 3 is 2.38 bits per heavy atom. The summed E-state index contributed by atoms with van der Waals surface area (Å²) in [6.07, 6.45) is -2.53. The Bertz CT molecular complexity index is 1070. The number of benzene rings is 2. The zero-order chi connectivity index (χ0) is 28.3. The molecule has 2 aromatic rings. The van der Waals surface area contributed by atoms with Crippen LogP contribution in [0.1, 0.15) is 55.7 Å². The molecule has 1 atom stereocenters. The standard InChI is InChI=1S/C29H36F3NO6/c1-2-37-26(27(34)35)19-21-9-12-24(13-10-21)38-18-17-33(16-5-3-4-15-29(30,31)32)28(36)39-25-14-11-22-7-6-8-23(22)20-25/h9-14,20,26H,2-8,15-19H2,1H3,(H,34,35). The molecule has 39 heavy (non-hydrogen) atoms. The molecule has 0 spiro atoms. The van der Waals surface area contributed by atoms with Gasteiger partial charge in [-0.05, 0) is 80.0 Å². The number of alkyl halides is 3. The van der Waals surface area contributed by atoms with Gasteiger partial charge in [-0.15, -0.1) is 0 Å². The minimum atomic E-state index is -4.19. The van der Waals surface area contributed by atoms with Gasteiger partial charge in [0.1, 0.15) is 18.1 Å². The van der Waals surface area contributed by atoms with Crippen molar-refractivity contribution in [2.24, 2.45) is 0 Å². The van der Waals surface area contributed by atoms with Crippen molar-refractivity contribution in [3.05, 3.63) is 59.2 Å². The summed E-state index contributed by atoms with van der Waals surface area (Å²) in [5.41, 5.74) is 3.20. The highest BCUT2D eigenvalue weighted by atomic mass is 19.4. The maximum Gasteiger partial charge on any atom is 0.415 e. The molecular formula is C29H36F3NO6. The second-order valence-electron chi connectivity index (χ2n) is 9.54. The number of hydrogen-bond acceptors (Lipinski definition) is 5. The van der Waals surface area contributed by atoms with E-state index in [9.17, 15) is 27.9 Å². The number of fused-ring (bicyclic) bond motifs is 1. The van der Waals surface area contributed by atoms with Crippen LogP contribution < -0.4 is 9.47 Å². The first kappa shape index (κ1) is 30.3. The number of carbonyl (C=O) groups is 2. The van der Waals surface area contributed by atoms with Crippen LogP contribution in [0.4, 0.5) is 18.0 Å². The first-order valence-electron chi connectivity index (χ1n) is 13.4. The number of nitrogens with zero attached hydrogens (tertiary/aromatic N) is 1. The van der Waals surface area contributed by atoms with Crippen molar-refractivity contribution in [3.8, 4) is 11.5 Å². The highest BCUT2D eigenvalue weighted by Crippen LogP contribution is 2.27. The number of carboxylic acids is 1. The Morgan fingerprint density at radius 2 is 1.69 bits per heavy atom. The number of ether oxygens (including phenoxy) is 3. The van der Waals surface area contributed by atoms with Gasteiger partial charge in [-0.1, -0.05) is 24.6 Å². The number of carboxylic acid groups (broad SMARTS) is 1. The number of rotatable bonds is 15. The van der Waals surface area contributed by atoms with Crippen molar-refractivity contribution < 1.29 is 42.1 Å². The number of hydrogen-bond donors (Lipinski definition) is 1. The normalized spacial score (nSPS) is 13.5. The maximum atomic E-state index is 12.9. The van der Waals surface area contributed by atoms with Gasteiger partial charge in [0.15, 0.2) is 6.10 Å². The van der Waals surface area contributed by atoms with Gasteiger partial charge in [0, 0.05) is 26.0 Å². The fraction of sp³-hybridized carbons (Fsp3) is 0.517. The quantitative estimate of drug-likeness (QED) is 0.265. The summed E-state index contributed by atoms with van der Waals surface area (Å²) in [5, 5.41) is 9.25. The largest absolute Gasteiger partial charge is 0.492 e. The zero-order valence-corrected chi connectivity index (χ0v) is 22.2. The monoisotopic (exact) mass is 551 g/mol. The lowest BCUT2D eigenvalue weighted by molar-refractivity contribution is -0.150. The minimum Gasteiger partial charge on any atom is -0.492 e. The smallest absolute Gasteiger partial charge is 0.415 e. The van der Waals surface area contributed by atoms with Gasteiger partial charge in [-0.25, -0.2) is 9.59 Å². The first-order chi connectivity index (χ1) is 18.6. The summed E-state index contributed by atoms with van der Waals surface area (Å²) >= 11 is 0. The van der Waals surface area contributed by atoms with Crippen molar-refractivity contribution in [3.63, 3.8) is 0 Å². The van der Waals surface area contributed by atoms with E-state index in [-0.39, 0.29) is 32.5 Å². The lowest BCUT2D eigenvalue weighted by Gasteiger charge is -2.22. The van der Waals surface area contributed by atoms with Crippen LogP contribution >= 0.6 is 0 Å². The summed E-state index contributed by atoms with van der Waals surface area (Å²) in [4.78, 5) is 25.7. The Balaban J connectivity index is 1.54. The van der Waals surface area contributed by atoms with E-state index >= 15 is 0 Å². The highest BCUT2D eigenvalue weighted by molar-refractivity contribution is 5.72. The lowest BCUT2D eigenvalue weighted by atomic mass is 10.1. The van der Waals surface area contributed by atoms with E-state index in [1.165, 1.54) is 16.0 Å². The molecule has 3 rings (SSSR count). The third-order valence-electron chi connectivity index (χ3n) is 6.54. The highest BCUT2D eigenvalue weighted by Gasteiger charge is 2.26. The number of aliphatic carboxylic acids is 1. The molecule has 0 fully saturated rings. The van der Waals surface area contributed by atoms with Gasteiger partial charge < -0.3 is 24.2 Å². The van der Waals surface area contributed by atoms with Crippen LogP contribution in [0.25, 0.3) is 0 Å². The SMILES string of the molecule is CCOC(Cc1ccc(OCCN(CCCCCC(F)(F)F)C(=O)Oc2ccc3c(c2)CCC3)cc1)C(=O)O. The van der Waals surface area contributed by atoms with Crippen LogP contribution in [-0.4, -0.2) is 60.7 Å². The molecule has 1 amide bonds. The predicted molar refractivity (Wildman–Crippen MR) is 139 cm³/mol. The van der Waals surface area contributed by atoms with Crippen LogP contribution in [0, 0.1) is 0 Å². The van der Waals surface area contributed by atoms with Gasteiger partial charge in [-0.2, -0.15) is 13.2 Å². The summed E-state index contributed by atoms with van der Waals surface area (Å²) in [5.74, 6) is -0.0347. The summed E-state index contributed by atoms with van der Waals surface area (Å²) in [6.45, 7) is 2.62. The molecule has 0 saturated carbocycles. The van der Waals surface area contributed by atoms with Crippen LogP contribution in [0.3, 0.4) is 0 Å². The molecule has 1 aliphatic rings. The predicted octanol–water partition coefficient (Wildman–Crippen LogP) is 6.21. The van der Waals surface area contributed by atoms with Crippen molar-refractivity contribution in [1.29, 1.82) is 0 Å². The van der Waals surface area contributed by atoms with Crippen molar-refractivity contribution in [2.75, 3.05) is 26.3 Å². The molecule has 1 aliphatic carbocycles. The minimum absolute atomic E-state index is 0.00604.